The van der Waals surface area contributed by atoms with Gasteiger partial charge in [0.2, 0.25) is 0 Å². The lowest BCUT2D eigenvalue weighted by Gasteiger charge is -2.21. The summed E-state index contributed by atoms with van der Waals surface area (Å²) >= 11 is 0. The fourth-order valence-electron chi connectivity index (χ4n) is 11.6. The monoisotopic (exact) mass is 814 g/mol. The highest BCUT2D eigenvalue weighted by Crippen LogP contribution is 2.58. The Balaban J connectivity index is 1.02. The Morgan fingerprint density at radius 2 is 0.750 bits per heavy atom. The third kappa shape index (κ3) is 5.29. The van der Waals surface area contributed by atoms with Gasteiger partial charge < -0.3 is 0 Å². The third-order valence-corrected chi connectivity index (χ3v) is 14.5. The zero-order valence-corrected chi connectivity index (χ0v) is 36.6. The first-order valence-corrected chi connectivity index (χ1v) is 23.0. The molecule has 0 saturated carbocycles. The number of benzene rings is 12. The van der Waals surface area contributed by atoms with Crippen LogP contribution in [0.2, 0.25) is 0 Å². The average Bonchev–Trinajstić information content (AvgIpc) is 3.66. The summed E-state index contributed by atoms with van der Waals surface area (Å²) in [5, 5.41) is 15.9. The fourth-order valence-corrected chi connectivity index (χ4v) is 11.6. The van der Waals surface area contributed by atoms with Crippen molar-refractivity contribution in [3.05, 3.63) is 205 Å². The van der Waals surface area contributed by atoms with Gasteiger partial charge in [0.1, 0.15) is 0 Å². The second-order valence-electron chi connectivity index (χ2n) is 18.7. The second-order valence-corrected chi connectivity index (χ2v) is 18.7. The van der Waals surface area contributed by atoms with E-state index in [4.69, 9.17) is 0 Å². The molecule has 302 valence electrons. The summed E-state index contributed by atoms with van der Waals surface area (Å²) in [4.78, 5) is 0. The Hall–Kier alpha value is -7.54. The maximum absolute atomic E-state index is 2.48. The van der Waals surface area contributed by atoms with E-state index in [1.165, 1.54) is 143 Å². The highest BCUT2D eigenvalue weighted by Gasteiger charge is 2.31. The molecule has 0 aromatic heterocycles. The van der Waals surface area contributed by atoms with Crippen LogP contribution in [-0.2, 0) is 0 Å². The Morgan fingerprint density at radius 1 is 0.250 bits per heavy atom. The molecule has 1 aliphatic rings. The minimum absolute atomic E-state index is 0.390. The summed E-state index contributed by atoms with van der Waals surface area (Å²) in [6, 6.07) is 73.6. The van der Waals surface area contributed by atoms with E-state index in [9.17, 15) is 0 Å². The lowest BCUT2D eigenvalue weighted by atomic mass is 9.82. The highest BCUT2D eigenvalue weighted by molar-refractivity contribution is 6.29. The lowest BCUT2D eigenvalue weighted by Crippen LogP contribution is -1.97. The maximum Gasteiger partial charge on any atom is -0.000741 e. The molecular weight excluding hydrogens is 769 g/mol. The van der Waals surface area contributed by atoms with Crippen molar-refractivity contribution in [3.8, 4) is 66.8 Å². The van der Waals surface area contributed by atoms with Crippen molar-refractivity contribution in [2.45, 2.75) is 39.5 Å². The molecular formula is C64H46. The Morgan fingerprint density at radius 3 is 1.41 bits per heavy atom. The quantitative estimate of drug-likeness (QED) is 0.147. The van der Waals surface area contributed by atoms with Gasteiger partial charge in [-0.15, -0.1) is 0 Å². The highest BCUT2D eigenvalue weighted by atomic mass is 14.3. The summed E-state index contributed by atoms with van der Waals surface area (Å²) in [6.07, 6.45) is 0. The van der Waals surface area contributed by atoms with Crippen molar-refractivity contribution in [1.29, 1.82) is 0 Å². The van der Waals surface area contributed by atoms with Gasteiger partial charge in [-0.05, 0) is 173 Å². The molecule has 0 atom stereocenters. The van der Waals surface area contributed by atoms with Gasteiger partial charge >= 0.3 is 0 Å². The van der Waals surface area contributed by atoms with Crippen molar-refractivity contribution >= 4 is 64.6 Å². The van der Waals surface area contributed by atoms with Gasteiger partial charge in [0, 0.05) is 0 Å². The molecule has 0 N–H and O–H groups in total. The van der Waals surface area contributed by atoms with E-state index in [1.54, 1.807) is 0 Å². The van der Waals surface area contributed by atoms with Gasteiger partial charge in [0.25, 0.3) is 0 Å². The molecule has 0 heteroatoms. The Labute approximate surface area is 374 Å². The molecule has 64 heavy (non-hydrogen) atoms. The zero-order valence-electron chi connectivity index (χ0n) is 36.6. The SMILES string of the molecule is CC(C)c1ccc2ccc3c(C(C)C)cc(-c4ccc5ccc(-c6ccc7c8c(cccc68)-c6c-7c(-c7ccccc7)c7ccccc7c6-c6ccccc6)cc5c4)c4ccc1c2c43. The van der Waals surface area contributed by atoms with Gasteiger partial charge in [-0.2, -0.15) is 0 Å². The largest absolute Gasteiger partial charge is 0.0622 e. The fraction of sp³-hybridized carbons (Fsp3) is 0.0938. The van der Waals surface area contributed by atoms with E-state index in [2.05, 4.69) is 222 Å². The maximum atomic E-state index is 2.48. The summed E-state index contributed by atoms with van der Waals surface area (Å²) in [5.74, 6) is 0.844. The average molecular weight is 815 g/mol. The molecule has 0 spiro atoms. The molecule has 0 saturated heterocycles. The van der Waals surface area contributed by atoms with Crippen molar-refractivity contribution < 1.29 is 0 Å². The van der Waals surface area contributed by atoms with E-state index in [0.717, 1.165) is 0 Å². The second kappa shape index (κ2) is 14.0. The lowest BCUT2D eigenvalue weighted by molar-refractivity contribution is 0.876. The van der Waals surface area contributed by atoms with Crippen LogP contribution in [0.15, 0.2) is 194 Å². The van der Waals surface area contributed by atoms with Crippen LogP contribution in [-0.4, -0.2) is 0 Å². The molecule has 0 fully saturated rings. The van der Waals surface area contributed by atoms with Gasteiger partial charge in [0.05, 0.1) is 0 Å². The van der Waals surface area contributed by atoms with Crippen LogP contribution in [0.1, 0.15) is 50.7 Å². The molecule has 0 nitrogen and oxygen atoms in total. The molecule has 0 aliphatic heterocycles. The molecule has 0 amide bonds. The van der Waals surface area contributed by atoms with E-state index >= 15 is 0 Å². The predicted molar refractivity (Wildman–Crippen MR) is 277 cm³/mol. The smallest absolute Gasteiger partial charge is 0.000741 e. The number of hydrogen-bond donors (Lipinski definition) is 0. The van der Waals surface area contributed by atoms with Crippen molar-refractivity contribution in [2.24, 2.45) is 0 Å². The summed E-state index contributed by atoms with van der Waals surface area (Å²) < 4.78 is 0. The van der Waals surface area contributed by atoms with Crippen LogP contribution in [0.25, 0.3) is 131 Å². The molecule has 0 heterocycles. The molecule has 13 rings (SSSR count). The molecule has 12 aromatic carbocycles. The van der Waals surface area contributed by atoms with Crippen LogP contribution in [0.5, 0.6) is 0 Å². The predicted octanol–water partition coefficient (Wildman–Crippen LogP) is 18.6. The van der Waals surface area contributed by atoms with Gasteiger partial charge in [-0.25, -0.2) is 0 Å². The van der Waals surface area contributed by atoms with E-state index in [0.29, 0.717) is 11.8 Å². The first-order chi connectivity index (χ1) is 31.4. The Bertz CT molecular complexity index is 3770. The van der Waals surface area contributed by atoms with Crippen LogP contribution in [0.3, 0.4) is 0 Å². The molecule has 0 unspecified atom stereocenters. The van der Waals surface area contributed by atoms with Crippen molar-refractivity contribution in [2.75, 3.05) is 0 Å². The third-order valence-electron chi connectivity index (χ3n) is 14.5. The van der Waals surface area contributed by atoms with Crippen LogP contribution in [0.4, 0.5) is 0 Å². The first-order valence-electron chi connectivity index (χ1n) is 23.0. The van der Waals surface area contributed by atoms with Crippen LogP contribution >= 0.6 is 0 Å². The first kappa shape index (κ1) is 37.1. The molecule has 1 aliphatic carbocycles. The zero-order chi connectivity index (χ0) is 42.8. The minimum Gasteiger partial charge on any atom is -0.0622 e. The minimum atomic E-state index is 0.390. The van der Waals surface area contributed by atoms with Gasteiger partial charge in [0.15, 0.2) is 0 Å². The topological polar surface area (TPSA) is 0 Å². The molecule has 0 radical (unpaired) electrons. The van der Waals surface area contributed by atoms with E-state index in [1.807, 2.05) is 0 Å². The Kier molecular flexibility index (Phi) is 8.10. The molecule has 12 aromatic rings. The van der Waals surface area contributed by atoms with Crippen molar-refractivity contribution in [3.63, 3.8) is 0 Å². The van der Waals surface area contributed by atoms with Gasteiger partial charge in [-0.3, -0.25) is 0 Å². The van der Waals surface area contributed by atoms with E-state index in [-0.39, 0.29) is 0 Å². The van der Waals surface area contributed by atoms with Crippen LogP contribution in [0, 0.1) is 0 Å². The standard InChI is InChI=1S/C64H46/c1-37(2)46-28-26-42-27-29-52-56(38(3)4)36-57(53-32-31-51(46)58(42)62(52)53)44-25-23-39-22-24-43(34-45(39)35-44)47-30-33-55-61-48(47)20-13-21-54(61)63-59(40-14-7-5-8-15-40)49-18-11-12-19-50(49)60(64(55)63)41-16-9-6-10-17-41/h5-38H,1-4H3. The number of rotatable bonds is 6. The summed E-state index contributed by atoms with van der Waals surface area (Å²) in [7, 11) is 0. The molecule has 0 bridgehead atoms. The normalized spacial score (nSPS) is 12.3. The van der Waals surface area contributed by atoms with Crippen molar-refractivity contribution in [1.82, 2.24) is 0 Å². The van der Waals surface area contributed by atoms with E-state index < -0.39 is 0 Å². The number of hydrogen-bond acceptors (Lipinski definition) is 0. The van der Waals surface area contributed by atoms with Crippen LogP contribution < -0.4 is 0 Å². The summed E-state index contributed by atoms with van der Waals surface area (Å²) in [5.41, 5.74) is 18.3. The number of fused-ring (bicyclic) bond motifs is 5. The van der Waals surface area contributed by atoms with Gasteiger partial charge in [-0.1, -0.05) is 204 Å². The summed E-state index contributed by atoms with van der Waals surface area (Å²) in [6.45, 7) is 9.31.